The predicted molar refractivity (Wildman–Crippen MR) is 62.2 cm³/mol. The van der Waals surface area contributed by atoms with Crippen molar-refractivity contribution in [3.8, 4) is 0 Å². The number of nitrogens with two attached hydrogens (primary N) is 1. The average Bonchev–Trinajstić information content (AvgIpc) is 2.77. The number of oxime groups is 1. The van der Waals surface area contributed by atoms with Crippen molar-refractivity contribution in [3.63, 3.8) is 0 Å². The number of carbonyl (C=O) groups is 1. The lowest BCUT2D eigenvalue weighted by molar-refractivity contribution is -0.135. The summed E-state index contributed by atoms with van der Waals surface area (Å²) < 4.78 is 0. The summed E-state index contributed by atoms with van der Waals surface area (Å²) in [6, 6.07) is 0.259. The van der Waals surface area contributed by atoms with Gasteiger partial charge in [-0.2, -0.15) is 0 Å². The Kier molecular flexibility index (Phi) is 4.58. The Morgan fingerprint density at radius 1 is 1.50 bits per heavy atom. The molecule has 1 amide bonds. The Labute approximate surface area is 96.3 Å². The van der Waals surface area contributed by atoms with E-state index >= 15 is 0 Å². The molecule has 0 unspecified atom stereocenters. The first-order valence-corrected chi connectivity index (χ1v) is 5.83. The van der Waals surface area contributed by atoms with Gasteiger partial charge in [0.2, 0.25) is 5.91 Å². The first-order valence-electron chi connectivity index (χ1n) is 5.83. The highest BCUT2D eigenvalue weighted by atomic mass is 16.4. The number of rotatable bonds is 4. The third kappa shape index (κ3) is 3.12. The first-order chi connectivity index (χ1) is 7.56. The molecule has 92 valence electrons. The number of carbonyl (C=O) groups excluding carboxylic acids is 1. The Bertz CT molecular complexity index is 270. The molecule has 0 aromatic rings. The molecule has 0 aliphatic heterocycles. The van der Waals surface area contributed by atoms with Crippen molar-refractivity contribution in [2.45, 2.75) is 45.6 Å². The van der Waals surface area contributed by atoms with Crippen molar-refractivity contribution in [3.05, 3.63) is 0 Å². The maximum atomic E-state index is 12.0. The molecule has 0 bridgehead atoms. The summed E-state index contributed by atoms with van der Waals surface area (Å²) in [7, 11) is 0. The molecule has 3 N–H and O–H groups in total. The molecule has 0 radical (unpaired) electrons. The summed E-state index contributed by atoms with van der Waals surface area (Å²) in [5.41, 5.74) is 5.49. The van der Waals surface area contributed by atoms with Gasteiger partial charge in [0.1, 0.15) is 0 Å². The lowest BCUT2D eigenvalue weighted by atomic mass is 10.1. The van der Waals surface area contributed by atoms with Gasteiger partial charge in [0.25, 0.3) is 0 Å². The van der Waals surface area contributed by atoms with Crippen LogP contribution in [0.2, 0.25) is 0 Å². The maximum absolute atomic E-state index is 12.0. The molecular formula is C11H21N3O2. The summed E-state index contributed by atoms with van der Waals surface area (Å²) in [6.07, 6.45) is 4.36. The molecule has 16 heavy (non-hydrogen) atoms. The molecule has 1 rings (SSSR count). The zero-order valence-corrected chi connectivity index (χ0v) is 10.0. The lowest BCUT2D eigenvalue weighted by Gasteiger charge is -2.30. The van der Waals surface area contributed by atoms with E-state index in [1.54, 1.807) is 4.90 Å². The van der Waals surface area contributed by atoms with Crippen LogP contribution in [0.25, 0.3) is 0 Å². The number of amides is 1. The number of nitrogens with zero attached hydrogens (tertiary/aromatic N) is 2. The van der Waals surface area contributed by atoms with Crippen molar-refractivity contribution in [1.29, 1.82) is 0 Å². The molecule has 1 saturated carbocycles. The number of hydrogen-bond acceptors (Lipinski definition) is 3. The van der Waals surface area contributed by atoms with E-state index in [0.29, 0.717) is 0 Å². The van der Waals surface area contributed by atoms with Crippen molar-refractivity contribution in [2.24, 2.45) is 16.8 Å². The van der Waals surface area contributed by atoms with E-state index in [1.165, 1.54) is 0 Å². The topological polar surface area (TPSA) is 78.9 Å². The summed E-state index contributed by atoms with van der Waals surface area (Å²) in [5, 5.41) is 11.5. The zero-order valence-electron chi connectivity index (χ0n) is 10.0. The van der Waals surface area contributed by atoms with Crippen LogP contribution >= 0.6 is 0 Å². The minimum Gasteiger partial charge on any atom is -0.409 e. The fourth-order valence-corrected chi connectivity index (χ4v) is 2.14. The predicted octanol–water partition coefficient (Wildman–Crippen LogP) is 1.16. The van der Waals surface area contributed by atoms with E-state index in [1.807, 2.05) is 13.8 Å². The van der Waals surface area contributed by atoms with Crippen LogP contribution in [0, 0.1) is 5.92 Å². The average molecular weight is 227 g/mol. The highest BCUT2D eigenvalue weighted by Gasteiger charge is 2.28. The molecule has 1 fully saturated rings. The molecular weight excluding hydrogens is 206 g/mol. The highest BCUT2D eigenvalue weighted by Crippen LogP contribution is 2.24. The fraction of sp³-hybridized carbons (Fsp3) is 0.818. The second-order valence-electron chi connectivity index (χ2n) is 4.65. The summed E-state index contributed by atoms with van der Waals surface area (Å²) in [4.78, 5) is 13.8. The Morgan fingerprint density at radius 3 is 2.50 bits per heavy atom. The monoisotopic (exact) mass is 227 g/mol. The van der Waals surface area contributed by atoms with Gasteiger partial charge in [0, 0.05) is 12.0 Å². The van der Waals surface area contributed by atoms with Gasteiger partial charge in [-0.15, -0.1) is 0 Å². The minimum absolute atomic E-state index is 0.0490. The van der Waals surface area contributed by atoms with Crippen LogP contribution in [0.1, 0.15) is 39.5 Å². The van der Waals surface area contributed by atoms with E-state index < -0.39 is 0 Å². The molecule has 0 atom stereocenters. The van der Waals surface area contributed by atoms with Gasteiger partial charge < -0.3 is 15.8 Å². The van der Waals surface area contributed by atoms with E-state index in [9.17, 15) is 4.79 Å². The summed E-state index contributed by atoms with van der Waals surface area (Å²) >= 11 is 0. The van der Waals surface area contributed by atoms with Crippen LogP contribution in [0.15, 0.2) is 5.16 Å². The van der Waals surface area contributed by atoms with Gasteiger partial charge >= 0.3 is 0 Å². The van der Waals surface area contributed by atoms with E-state index in [0.717, 1.165) is 25.7 Å². The van der Waals surface area contributed by atoms with Crippen molar-refractivity contribution in [1.82, 2.24) is 4.90 Å². The number of hydrogen-bond donors (Lipinski definition) is 2. The molecule has 5 heteroatoms. The van der Waals surface area contributed by atoms with Crippen LogP contribution in [0.4, 0.5) is 0 Å². The molecule has 0 heterocycles. The molecule has 0 aromatic heterocycles. The molecule has 0 aromatic carbocycles. The Hall–Kier alpha value is -1.26. The Balaban J connectivity index is 2.71. The summed E-state index contributed by atoms with van der Waals surface area (Å²) in [6.45, 7) is 3.98. The van der Waals surface area contributed by atoms with Crippen molar-refractivity contribution in [2.75, 3.05) is 6.54 Å². The first kappa shape index (κ1) is 12.8. The van der Waals surface area contributed by atoms with Crippen LogP contribution in [0.3, 0.4) is 0 Å². The molecule has 0 spiro atoms. The molecule has 0 saturated heterocycles. The lowest BCUT2D eigenvalue weighted by Crippen LogP contribution is -2.46. The normalized spacial score (nSPS) is 18.1. The smallest absolute Gasteiger partial charge is 0.225 e. The van der Waals surface area contributed by atoms with E-state index in [-0.39, 0.29) is 30.2 Å². The van der Waals surface area contributed by atoms with Crippen molar-refractivity contribution >= 4 is 11.7 Å². The highest BCUT2D eigenvalue weighted by molar-refractivity contribution is 5.87. The van der Waals surface area contributed by atoms with Crippen LogP contribution in [0.5, 0.6) is 0 Å². The third-order valence-electron chi connectivity index (χ3n) is 3.00. The standard InChI is InChI=1S/C11H21N3O2/c1-8(2)11(15)14(7-10(12)13-16)9-5-3-4-6-9/h8-9,16H,3-7H2,1-2H3,(H2,12,13). The quantitative estimate of drug-likeness (QED) is 0.327. The van der Waals surface area contributed by atoms with E-state index in [4.69, 9.17) is 10.9 Å². The van der Waals surface area contributed by atoms with Gasteiger partial charge in [-0.25, -0.2) is 0 Å². The zero-order chi connectivity index (χ0) is 12.1. The van der Waals surface area contributed by atoms with Gasteiger partial charge in [-0.1, -0.05) is 31.8 Å². The summed E-state index contributed by atoms with van der Waals surface area (Å²) in [5.74, 6) is 0.131. The van der Waals surface area contributed by atoms with Gasteiger partial charge in [-0.3, -0.25) is 4.79 Å². The third-order valence-corrected chi connectivity index (χ3v) is 3.00. The fourth-order valence-electron chi connectivity index (χ4n) is 2.14. The van der Waals surface area contributed by atoms with Crippen LogP contribution < -0.4 is 5.73 Å². The van der Waals surface area contributed by atoms with Crippen molar-refractivity contribution < 1.29 is 10.0 Å². The van der Waals surface area contributed by atoms with E-state index in [2.05, 4.69) is 5.16 Å². The Morgan fingerprint density at radius 2 is 2.06 bits per heavy atom. The number of amidine groups is 1. The van der Waals surface area contributed by atoms with Gasteiger partial charge in [0.15, 0.2) is 5.84 Å². The van der Waals surface area contributed by atoms with Crippen LogP contribution in [-0.4, -0.2) is 34.4 Å². The van der Waals surface area contributed by atoms with Gasteiger partial charge in [0.05, 0.1) is 6.54 Å². The van der Waals surface area contributed by atoms with Crippen LogP contribution in [-0.2, 0) is 4.79 Å². The van der Waals surface area contributed by atoms with Gasteiger partial charge in [-0.05, 0) is 12.8 Å². The molecule has 5 nitrogen and oxygen atoms in total. The molecule has 1 aliphatic carbocycles. The second kappa shape index (κ2) is 5.72. The SMILES string of the molecule is CC(C)C(=O)N(CC(N)=NO)C1CCCC1. The second-order valence-corrected chi connectivity index (χ2v) is 4.65. The maximum Gasteiger partial charge on any atom is 0.225 e. The largest absolute Gasteiger partial charge is 0.409 e. The molecule has 1 aliphatic rings. The minimum atomic E-state index is -0.0490.